The van der Waals surface area contributed by atoms with Gasteiger partial charge in [0.15, 0.2) is 5.13 Å². The van der Waals surface area contributed by atoms with Crippen molar-refractivity contribution in [3.8, 4) is 11.3 Å². The van der Waals surface area contributed by atoms with Crippen molar-refractivity contribution < 1.29 is 14.4 Å². The molecule has 0 aliphatic rings. The Morgan fingerprint density at radius 3 is 2.36 bits per heavy atom. The fourth-order valence-corrected chi connectivity index (χ4v) is 6.45. The number of nitrogens with zero attached hydrogens (tertiary/aromatic N) is 1. The third-order valence-corrected chi connectivity index (χ3v) is 9.13. The number of rotatable bonds is 11. The molecule has 45 heavy (non-hydrogen) atoms. The van der Waals surface area contributed by atoms with Crippen molar-refractivity contribution in [3.63, 3.8) is 0 Å². The van der Waals surface area contributed by atoms with Crippen LogP contribution in [-0.2, 0) is 9.59 Å². The van der Waals surface area contributed by atoms with Gasteiger partial charge in [0, 0.05) is 31.6 Å². The lowest BCUT2D eigenvalue weighted by Gasteiger charge is -2.15. The van der Waals surface area contributed by atoms with Crippen molar-refractivity contribution in [3.05, 3.63) is 136 Å². The number of halogens is 1. The molecule has 3 amide bonds. The summed E-state index contributed by atoms with van der Waals surface area (Å²) >= 11 is 6.24. The number of benzene rings is 4. The maximum atomic E-state index is 13.5. The lowest BCUT2D eigenvalue weighted by Crippen LogP contribution is -2.30. The third-order valence-electron chi connectivity index (χ3n) is 6.53. The summed E-state index contributed by atoms with van der Waals surface area (Å²) in [5.41, 5.74) is 3.59. The molecule has 0 saturated heterocycles. The van der Waals surface area contributed by atoms with Crippen molar-refractivity contribution in [1.29, 1.82) is 0 Å². The largest absolute Gasteiger partial charge is 0.321 e. The molecular weight excluding hydrogens is 668 g/mol. The van der Waals surface area contributed by atoms with Crippen molar-refractivity contribution in [2.24, 2.45) is 0 Å². The van der Waals surface area contributed by atoms with Gasteiger partial charge in [0.05, 0.1) is 10.9 Å². The first-order valence-corrected chi connectivity index (χ1v) is 16.7. The Hall–Kier alpha value is -4.51. The zero-order valence-corrected chi connectivity index (χ0v) is 27.4. The van der Waals surface area contributed by atoms with Crippen LogP contribution in [0, 0.1) is 0 Å². The van der Waals surface area contributed by atoms with Gasteiger partial charge in [-0.1, -0.05) is 89.6 Å². The summed E-state index contributed by atoms with van der Waals surface area (Å²) in [7, 11) is 0. The lowest BCUT2D eigenvalue weighted by atomic mass is 10.1. The Morgan fingerprint density at radius 2 is 1.62 bits per heavy atom. The van der Waals surface area contributed by atoms with Crippen LogP contribution < -0.4 is 16.0 Å². The van der Waals surface area contributed by atoms with Gasteiger partial charge in [-0.15, -0.1) is 23.1 Å². The molecule has 0 spiro atoms. The molecule has 226 valence electrons. The van der Waals surface area contributed by atoms with E-state index in [1.54, 1.807) is 36.4 Å². The normalized spacial score (nSPS) is 11.8. The minimum Gasteiger partial charge on any atom is -0.321 e. The molecule has 4 aromatic carbocycles. The first kappa shape index (κ1) is 31.9. The van der Waals surface area contributed by atoms with Gasteiger partial charge in [-0.05, 0) is 60.5 Å². The van der Waals surface area contributed by atoms with Crippen LogP contribution in [0.5, 0.6) is 0 Å². The third kappa shape index (κ3) is 9.01. The number of carbonyl (C=O) groups is 3. The van der Waals surface area contributed by atoms with E-state index in [4.69, 9.17) is 0 Å². The van der Waals surface area contributed by atoms with Crippen molar-refractivity contribution in [2.75, 3.05) is 10.6 Å². The van der Waals surface area contributed by atoms with Crippen molar-refractivity contribution in [2.45, 2.75) is 23.5 Å². The zero-order valence-electron chi connectivity index (χ0n) is 24.2. The fraction of sp³-hybridized carbons (Fsp3) is 0.0857. The molecule has 1 unspecified atom stereocenters. The Labute approximate surface area is 278 Å². The SMILES string of the molecule is CCC(Sc1cccc(NC(=O)/C(=C\c2cccc(Br)c2)NC(=O)c2ccccc2)c1)C(=O)Nc1nc(-c2ccccc2)cs1. The second-order valence-electron chi connectivity index (χ2n) is 9.82. The summed E-state index contributed by atoms with van der Waals surface area (Å²) < 4.78 is 0.844. The lowest BCUT2D eigenvalue weighted by molar-refractivity contribution is -0.116. The zero-order chi connectivity index (χ0) is 31.6. The molecule has 0 saturated carbocycles. The van der Waals surface area contributed by atoms with Crippen LogP contribution in [-0.4, -0.2) is 28.0 Å². The van der Waals surface area contributed by atoms with Crippen LogP contribution >= 0.6 is 39.0 Å². The molecule has 1 heterocycles. The molecule has 0 aliphatic carbocycles. The van der Waals surface area contributed by atoms with E-state index in [1.807, 2.05) is 91.2 Å². The molecule has 5 rings (SSSR count). The highest BCUT2D eigenvalue weighted by molar-refractivity contribution is 9.10. The highest BCUT2D eigenvalue weighted by Gasteiger charge is 2.20. The minimum atomic E-state index is -0.482. The van der Waals surface area contributed by atoms with Crippen LogP contribution in [0.15, 0.2) is 130 Å². The van der Waals surface area contributed by atoms with Crippen LogP contribution in [0.3, 0.4) is 0 Å². The summed E-state index contributed by atoms with van der Waals surface area (Å²) in [6.07, 6.45) is 2.22. The number of hydrogen-bond acceptors (Lipinski definition) is 6. The summed E-state index contributed by atoms with van der Waals surface area (Å²) in [6, 6.07) is 33.2. The number of nitrogens with one attached hydrogen (secondary N) is 3. The van der Waals surface area contributed by atoms with E-state index in [9.17, 15) is 14.4 Å². The van der Waals surface area contributed by atoms with E-state index in [1.165, 1.54) is 23.1 Å². The van der Waals surface area contributed by atoms with Crippen LogP contribution in [0.1, 0.15) is 29.3 Å². The molecule has 10 heteroatoms. The van der Waals surface area contributed by atoms with Gasteiger partial charge in [-0.3, -0.25) is 14.4 Å². The first-order valence-electron chi connectivity index (χ1n) is 14.1. The molecule has 0 bridgehead atoms. The highest BCUT2D eigenvalue weighted by atomic mass is 79.9. The average molecular weight is 698 g/mol. The summed E-state index contributed by atoms with van der Waals surface area (Å²) in [5.74, 6) is -1.03. The maximum Gasteiger partial charge on any atom is 0.272 e. The summed E-state index contributed by atoms with van der Waals surface area (Å²) in [6.45, 7) is 1.95. The predicted molar refractivity (Wildman–Crippen MR) is 187 cm³/mol. The Kier molecular flexibility index (Phi) is 11.0. The van der Waals surface area contributed by atoms with E-state index in [0.717, 1.165) is 26.2 Å². The molecular formula is C35H29BrN4O3S2. The van der Waals surface area contributed by atoms with Gasteiger partial charge in [0.2, 0.25) is 5.91 Å². The van der Waals surface area contributed by atoms with Crippen LogP contribution in [0.4, 0.5) is 10.8 Å². The van der Waals surface area contributed by atoms with Crippen LogP contribution in [0.25, 0.3) is 17.3 Å². The smallest absolute Gasteiger partial charge is 0.272 e. The topological polar surface area (TPSA) is 100 Å². The molecule has 3 N–H and O–H groups in total. The second-order valence-corrected chi connectivity index (χ2v) is 12.9. The quantitative estimate of drug-likeness (QED) is 0.0950. The first-order chi connectivity index (χ1) is 21.9. The van der Waals surface area contributed by atoms with Gasteiger partial charge in [-0.2, -0.15) is 0 Å². The number of thiazole rings is 1. The Morgan fingerprint density at radius 1 is 0.889 bits per heavy atom. The monoisotopic (exact) mass is 696 g/mol. The molecule has 0 fully saturated rings. The molecule has 1 atom stereocenters. The number of amides is 3. The molecule has 5 aromatic rings. The Balaban J connectivity index is 1.28. The van der Waals surface area contributed by atoms with E-state index in [-0.39, 0.29) is 16.9 Å². The van der Waals surface area contributed by atoms with Gasteiger partial charge < -0.3 is 16.0 Å². The molecule has 0 aliphatic heterocycles. The number of hydrogen-bond donors (Lipinski definition) is 3. The highest BCUT2D eigenvalue weighted by Crippen LogP contribution is 2.30. The van der Waals surface area contributed by atoms with E-state index in [0.29, 0.717) is 22.8 Å². The van der Waals surface area contributed by atoms with Gasteiger partial charge in [0.25, 0.3) is 11.8 Å². The number of carbonyl (C=O) groups excluding carboxylic acids is 3. The Bertz CT molecular complexity index is 1830. The van der Waals surface area contributed by atoms with Crippen molar-refractivity contribution in [1.82, 2.24) is 10.3 Å². The van der Waals surface area contributed by atoms with Gasteiger partial charge >= 0.3 is 0 Å². The minimum absolute atomic E-state index is 0.0872. The van der Waals surface area contributed by atoms with E-state index >= 15 is 0 Å². The number of anilines is 2. The van der Waals surface area contributed by atoms with Gasteiger partial charge in [-0.25, -0.2) is 4.98 Å². The molecule has 0 radical (unpaired) electrons. The van der Waals surface area contributed by atoms with Crippen molar-refractivity contribution >= 4 is 73.6 Å². The second kappa shape index (κ2) is 15.5. The predicted octanol–water partition coefficient (Wildman–Crippen LogP) is 8.49. The average Bonchev–Trinajstić information content (AvgIpc) is 3.52. The van der Waals surface area contributed by atoms with Gasteiger partial charge in [0.1, 0.15) is 5.70 Å². The molecule has 1 aromatic heterocycles. The van der Waals surface area contributed by atoms with E-state index in [2.05, 4.69) is 36.9 Å². The standard InChI is InChI=1S/C35H29BrN4O3S2/c1-2-31(34(43)40-35-39-30(22-44-35)24-12-5-3-6-13-24)45-28-18-10-17-27(21-28)37-33(42)29(20-23-11-9-16-26(36)19-23)38-32(41)25-14-7-4-8-15-25/h3-22,31H,2H2,1H3,(H,37,42)(H,38,41)(H,39,40,43)/b29-20+. The number of thioether (sulfide) groups is 1. The maximum absolute atomic E-state index is 13.5. The van der Waals surface area contributed by atoms with E-state index < -0.39 is 11.8 Å². The fourth-order valence-electron chi connectivity index (χ4n) is 4.30. The summed E-state index contributed by atoms with van der Waals surface area (Å²) in [5, 5.41) is 10.7. The number of aromatic nitrogens is 1. The summed E-state index contributed by atoms with van der Waals surface area (Å²) in [4.78, 5) is 45.0. The molecule has 7 nitrogen and oxygen atoms in total. The van der Waals surface area contributed by atoms with Crippen LogP contribution in [0.2, 0.25) is 0 Å².